The van der Waals surface area contributed by atoms with Crippen molar-refractivity contribution in [1.29, 1.82) is 0 Å². The molecule has 0 atom stereocenters. The van der Waals surface area contributed by atoms with Crippen LogP contribution in [0.3, 0.4) is 0 Å². The van der Waals surface area contributed by atoms with Crippen molar-refractivity contribution in [1.82, 2.24) is 14.9 Å². The molecule has 3 N–H and O–H groups in total. The number of nitrogen functional groups attached to an aromatic ring is 1. The third-order valence-corrected chi connectivity index (χ3v) is 4.12. The molecule has 1 aromatic rings. The highest BCUT2D eigenvalue weighted by Gasteiger charge is 2.36. The third-order valence-electron chi connectivity index (χ3n) is 4.12. The molecular weight excluding hydrogens is 283 g/mol. The molecule has 1 fully saturated rings. The quantitative estimate of drug-likeness (QED) is 0.894. The Morgan fingerprint density at radius 1 is 1.29 bits per heavy atom. The van der Waals surface area contributed by atoms with Crippen molar-refractivity contribution in [2.24, 2.45) is 0 Å². The van der Waals surface area contributed by atoms with Gasteiger partial charge in [-0.1, -0.05) is 12.8 Å². The molecule has 1 saturated carbocycles. The fraction of sp³-hybridized carbons (Fsp3) is 0.692. The van der Waals surface area contributed by atoms with Gasteiger partial charge in [-0.3, -0.25) is 0 Å². The third kappa shape index (κ3) is 3.55. The Hall–Kier alpha value is -1.57. The predicted octanol–water partition coefficient (Wildman–Crippen LogP) is 2.36. The number of nitrogens with zero attached hydrogens (tertiary/aromatic N) is 3. The van der Waals surface area contributed by atoms with Crippen LogP contribution in [0.2, 0.25) is 0 Å². The van der Waals surface area contributed by atoms with E-state index in [-0.39, 0.29) is 17.3 Å². The second-order valence-electron chi connectivity index (χ2n) is 5.67. The highest BCUT2D eigenvalue weighted by atomic mass is 19.4. The highest BCUT2D eigenvalue weighted by Crippen LogP contribution is 2.34. The van der Waals surface area contributed by atoms with Gasteiger partial charge in [0.25, 0.3) is 0 Å². The minimum atomic E-state index is -4.53. The Balaban J connectivity index is 2.14. The SMILES string of the molecule is CN(C)C1(CNc2cc(C(F)(F)F)nc(N)n2)CCCC1. The Bertz CT molecular complexity index is 495. The Morgan fingerprint density at radius 3 is 2.43 bits per heavy atom. The van der Waals surface area contributed by atoms with Crippen molar-refractivity contribution in [3.63, 3.8) is 0 Å². The summed E-state index contributed by atoms with van der Waals surface area (Å²) in [5, 5.41) is 2.99. The molecule has 2 rings (SSSR count). The van der Waals surface area contributed by atoms with Crippen LogP contribution in [0.25, 0.3) is 0 Å². The van der Waals surface area contributed by atoms with Gasteiger partial charge in [0.2, 0.25) is 5.95 Å². The monoisotopic (exact) mass is 303 g/mol. The fourth-order valence-electron chi connectivity index (χ4n) is 2.77. The lowest BCUT2D eigenvalue weighted by Crippen LogP contribution is -2.47. The first kappa shape index (κ1) is 15.8. The van der Waals surface area contributed by atoms with Crippen LogP contribution in [-0.4, -0.2) is 41.0 Å². The molecule has 0 spiro atoms. The molecule has 1 aliphatic rings. The number of nitrogens with one attached hydrogen (secondary N) is 1. The van der Waals surface area contributed by atoms with Crippen molar-refractivity contribution < 1.29 is 13.2 Å². The summed E-state index contributed by atoms with van der Waals surface area (Å²) >= 11 is 0. The second kappa shape index (κ2) is 5.67. The molecule has 21 heavy (non-hydrogen) atoms. The number of likely N-dealkylation sites (N-methyl/N-ethyl adjacent to an activating group) is 1. The molecular formula is C13H20F3N5. The molecule has 1 aromatic heterocycles. The van der Waals surface area contributed by atoms with Gasteiger partial charge >= 0.3 is 6.18 Å². The summed E-state index contributed by atoms with van der Waals surface area (Å²) in [6.45, 7) is 0.535. The van der Waals surface area contributed by atoms with E-state index < -0.39 is 11.9 Å². The number of aromatic nitrogens is 2. The summed E-state index contributed by atoms with van der Waals surface area (Å²) in [6, 6.07) is 0.897. The van der Waals surface area contributed by atoms with E-state index in [1.165, 1.54) is 0 Å². The Morgan fingerprint density at radius 2 is 1.90 bits per heavy atom. The molecule has 0 saturated heterocycles. The molecule has 0 unspecified atom stereocenters. The average Bonchev–Trinajstić information content (AvgIpc) is 2.85. The number of alkyl halides is 3. The number of nitrogens with two attached hydrogens (primary N) is 1. The van der Waals surface area contributed by atoms with Gasteiger partial charge in [0.1, 0.15) is 5.82 Å². The number of anilines is 2. The van der Waals surface area contributed by atoms with Crippen LogP contribution in [0.1, 0.15) is 31.4 Å². The van der Waals surface area contributed by atoms with E-state index >= 15 is 0 Å². The van der Waals surface area contributed by atoms with Crippen LogP contribution in [0, 0.1) is 0 Å². The van der Waals surface area contributed by atoms with Crippen LogP contribution in [0.4, 0.5) is 24.9 Å². The minimum absolute atomic E-state index is 0.0435. The lowest BCUT2D eigenvalue weighted by Gasteiger charge is -2.36. The summed E-state index contributed by atoms with van der Waals surface area (Å²) in [7, 11) is 3.98. The number of hydrogen-bond donors (Lipinski definition) is 2. The summed E-state index contributed by atoms with van der Waals surface area (Å²) in [5.74, 6) is -0.263. The largest absolute Gasteiger partial charge is 0.433 e. The molecule has 0 aromatic carbocycles. The van der Waals surface area contributed by atoms with Crippen molar-refractivity contribution in [2.75, 3.05) is 31.7 Å². The lowest BCUT2D eigenvalue weighted by molar-refractivity contribution is -0.141. The van der Waals surface area contributed by atoms with E-state index in [1.807, 2.05) is 14.1 Å². The number of halogens is 3. The molecule has 8 heteroatoms. The smallest absolute Gasteiger partial charge is 0.368 e. The minimum Gasteiger partial charge on any atom is -0.368 e. The van der Waals surface area contributed by atoms with Crippen LogP contribution < -0.4 is 11.1 Å². The molecule has 1 heterocycles. The number of rotatable bonds is 4. The van der Waals surface area contributed by atoms with E-state index in [1.54, 1.807) is 0 Å². The lowest BCUT2D eigenvalue weighted by atomic mass is 9.96. The molecule has 1 aliphatic carbocycles. The summed E-state index contributed by atoms with van der Waals surface area (Å²) in [5.41, 5.74) is 4.29. The highest BCUT2D eigenvalue weighted by molar-refractivity contribution is 5.41. The zero-order valence-electron chi connectivity index (χ0n) is 12.2. The van der Waals surface area contributed by atoms with Gasteiger partial charge in [-0.25, -0.2) is 4.98 Å². The zero-order valence-corrected chi connectivity index (χ0v) is 12.2. The van der Waals surface area contributed by atoms with Crippen molar-refractivity contribution >= 4 is 11.8 Å². The average molecular weight is 303 g/mol. The van der Waals surface area contributed by atoms with Crippen LogP contribution in [0.5, 0.6) is 0 Å². The van der Waals surface area contributed by atoms with E-state index in [2.05, 4.69) is 20.2 Å². The van der Waals surface area contributed by atoms with Crippen molar-refractivity contribution in [3.05, 3.63) is 11.8 Å². The standard InChI is InChI=1S/C13H20F3N5/c1-21(2)12(5-3-4-6-12)8-18-10-7-9(13(14,15)16)19-11(17)20-10/h7H,3-6,8H2,1-2H3,(H3,17,18,19,20). The van der Waals surface area contributed by atoms with Crippen molar-refractivity contribution in [2.45, 2.75) is 37.4 Å². The van der Waals surface area contributed by atoms with Crippen LogP contribution >= 0.6 is 0 Å². The maximum Gasteiger partial charge on any atom is 0.433 e. The van der Waals surface area contributed by atoms with Gasteiger partial charge in [-0.15, -0.1) is 0 Å². The maximum absolute atomic E-state index is 12.7. The molecule has 0 aliphatic heterocycles. The van der Waals surface area contributed by atoms with Gasteiger partial charge in [0.15, 0.2) is 5.69 Å². The van der Waals surface area contributed by atoms with E-state index in [0.717, 1.165) is 31.7 Å². The van der Waals surface area contributed by atoms with E-state index in [0.29, 0.717) is 6.54 Å². The topological polar surface area (TPSA) is 67.1 Å². The molecule has 118 valence electrons. The van der Waals surface area contributed by atoms with Crippen LogP contribution in [0.15, 0.2) is 6.07 Å². The van der Waals surface area contributed by atoms with Gasteiger partial charge < -0.3 is 16.0 Å². The first-order chi connectivity index (χ1) is 9.73. The zero-order chi connectivity index (χ0) is 15.7. The van der Waals surface area contributed by atoms with Gasteiger partial charge in [-0.2, -0.15) is 18.2 Å². The molecule has 0 radical (unpaired) electrons. The Kier molecular flexibility index (Phi) is 4.27. The first-order valence-corrected chi connectivity index (χ1v) is 6.86. The summed E-state index contributed by atoms with van der Waals surface area (Å²) in [6.07, 6.45) is -0.251. The molecule has 0 bridgehead atoms. The summed E-state index contributed by atoms with van der Waals surface area (Å²) in [4.78, 5) is 9.19. The number of hydrogen-bond acceptors (Lipinski definition) is 5. The van der Waals surface area contributed by atoms with E-state index in [4.69, 9.17) is 5.73 Å². The predicted molar refractivity (Wildman–Crippen MR) is 74.8 cm³/mol. The van der Waals surface area contributed by atoms with Crippen molar-refractivity contribution in [3.8, 4) is 0 Å². The fourth-order valence-corrected chi connectivity index (χ4v) is 2.77. The normalized spacial score (nSPS) is 18.2. The van der Waals surface area contributed by atoms with Crippen LogP contribution in [-0.2, 0) is 6.18 Å². The molecule has 5 nitrogen and oxygen atoms in total. The Labute approximate surface area is 121 Å². The summed E-state index contributed by atoms with van der Waals surface area (Å²) < 4.78 is 38.1. The molecule has 0 amide bonds. The maximum atomic E-state index is 12.7. The van der Waals surface area contributed by atoms with Gasteiger partial charge in [0.05, 0.1) is 0 Å². The van der Waals surface area contributed by atoms with E-state index in [9.17, 15) is 13.2 Å². The van der Waals surface area contributed by atoms with Gasteiger partial charge in [0, 0.05) is 18.2 Å². The van der Waals surface area contributed by atoms with Gasteiger partial charge in [-0.05, 0) is 26.9 Å². The second-order valence-corrected chi connectivity index (χ2v) is 5.67. The first-order valence-electron chi connectivity index (χ1n) is 6.86.